The maximum atomic E-state index is 11.9. The van der Waals surface area contributed by atoms with Gasteiger partial charge in [0.2, 0.25) is 5.91 Å². The fourth-order valence-electron chi connectivity index (χ4n) is 2.45. The van der Waals surface area contributed by atoms with E-state index in [-0.39, 0.29) is 5.91 Å². The number of nitrogens with one attached hydrogen (secondary N) is 2. The molecule has 2 N–H and O–H groups in total. The minimum atomic E-state index is -0.0407. The van der Waals surface area contributed by atoms with E-state index in [1.807, 2.05) is 24.3 Å². The number of para-hydroxylation sites is 1. The molecule has 1 heterocycles. The molecule has 0 saturated carbocycles. The second-order valence-corrected chi connectivity index (χ2v) is 5.20. The molecule has 0 atom stereocenters. The molecule has 1 amide bonds. The van der Waals surface area contributed by atoms with Gasteiger partial charge in [-0.1, -0.05) is 23.4 Å². The number of nitrogens with zero attached hydrogens (tertiary/aromatic N) is 3. The molecule has 0 aliphatic heterocycles. The van der Waals surface area contributed by atoms with E-state index in [9.17, 15) is 4.79 Å². The van der Waals surface area contributed by atoms with Crippen molar-refractivity contribution in [3.05, 3.63) is 36.0 Å². The zero-order chi connectivity index (χ0) is 14.5. The second-order valence-electron chi connectivity index (χ2n) is 5.20. The van der Waals surface area contributed by atoms with E-state index in [1.165, 1.54) is 12.8 Å². The summed E-state index contributed by atoms with van der Waals surface area (Å²) in [7, 11) is 0. The SMILES string of the molecule is O=C(CCn1nnc2ccccc21)NNC1=CCCCC1. The van der Waals surface area contributed by atoms with Crippen LogP contribution in [-0.4, -0.2) is 20.9 Å². The third-order valence-corrected chi connectivity index (χ3v) is 3.62. The molecule has 0 saturated heterocycles. The van der Waals surface area contributed by atoms with Crippen LogP contribution in [0.15, 0.2) is 36.0 Å². The highest BCUT2D eigenvalue weighted by Crippen LogP contribution is 2.14. The number of hydrogen-bond acceptors (Lipinski definition) is 4. The van der Waals surface area contributed by atoms with Crippen LogP contribution in [0.3, 0.4) is 0 Å². The highest BCUT2D eigenvalue weighted by Gasteiger charge is 2.08. The van der Waals surface area contributed by atoms with Crippen molar-refractivity contribution in [2.75, 3.05) is 0 Å². The largest absolute Gasteiger partial charge is 0.303 e. The van der Waals surface area contributed by atoms with E-state index >= 15 is 0 Å². The first-order valence-electron chi connectivity index (χ1n) is 7.35. The Morgan fingerprint density at radius 3 is 3.05 bits per heavy atom. The third-order valence-electron chi connectivity index (χ3n) is 3.62. The van der Waals surface area contributed by atoms with E-state index in [4.69, 9.17) is 0 Å². The number of allylic oxidation sites excluding steroid dienone is 2. The number of aromatic nitrogens is 3. The minimum absolute atomic E-state index is 0.0407. The lowest BCUT2D eigenvalue weighted by Crippen LogP contribution is -2.37. The van der Waals surface area contributed by atoms with Crippen LogP contribution < -0.4 is 10.9 Å². The van der Waals surface area contributed by atoms with Gasteiger partial charge in [0.1, 0.15) is 5.52 Å². The standard InChI is InChI=1S/C15H19N5O/c21-15(18-16-12-6-2-1-3-7-12)10-11-20-14-9-5-4-8-13(14)17-19-20/h4-6,8-9,16H,1-3,7,10-11H2,(H,18,21). The van der Waals surface area contributed by atoms with Crippen molar-refractivity contribution in [1.82, 2.24) is 25.8 Å². The molecule has 0 unspecified atom stereocenters. The van der Waals surface area contributed by atoms with Crippen LogP contribution in [0.25, 0.3) is 11.0 Å². The average molecular weight is 285 g/mol. The van der Waals surface area contributed by atoms with Crippen LogP contribution in [-0.2, 0) is 11.3 Å². The smallest absolute Gasteiger partial charge is 0.240 e. The Balaban J connectivity index is 1.50. The molecule has 1 aromatic carbocycles. The second kappa shape index (κ2) is 6.39. The predicted octanol–water partition coefficient (Wildman–Crippen LogP) is 1.90. The van der Waals surface area contributed by atoms with Gasteiger partial charge in [-0.25, -0.2) is 4.68 Å². The van der Waals surface area contributed by atoms with Crippen molar-refractivity contribution >= 4 is 16.9 Å². The summed E-state index contributed by atoms with van der Waals surface area (Å²) in [6.07, 6.45) is 7.03. The number of aryl methyl sites for hydroxylation is 1. The number of hydrogen-bond donors (Lipinski definition) is 2. The Labute approximate surface area is 123 Å². The van der Waals surface area contributed by atoms with Gasteiger partial charge in [0, 0.05) is 12.1 Å². The van der Waals surface area contributed by atoms with E-state index < -0.39 is 0 Å². The molecule has 1 aliphatic carbocycles. The fraction of sp³-hybridized carbons (Fsp3) is 0.400. The Morgan fingerprint density at radius 1 is 1.29 bits per heavy atom. The zero-order valence-corrected chi connectivity index (χ0v) is 11.9. The van der Waals surface area contributed by atoms with Gasteiger partial charge in [0.05, 0.1) is 12.1 Å². The van der Waals surface area contributed by atoms with Crippen molar-refractivity contribution in [1.29, 1.82) is 0 Å². The Morgan fingerprint density at radius 2 is 2.19 bits per heavy atom. The number of hydrazine groups is 1. The summed E-state index contributed by atoms with van der Waals surface area (Å²) in [5, 5.41) is 8.14. The molecule has 6 nitrogen and oxygen atoms in total. The summed E-state index contributed by atoms with van der Waals surface area (Å²) in [4.78, 5) is 11.9. The normalized spacial score (nSPS) is 14.8. The Bertz CT molecular complexity index is 661. The number of rotatable bonds is 5. The third kappa shape index (κ3) is 3.39. The molecule has 2 aromatic rings. The lowest BCUT2D eigenvalue weighted by atomic mass is 10.1. The minimum Gasteiger partial charge on any atom is -0.303 e. The number of benzene rings is 1. The molecule has 1 aromatic heterocycles. The number of amides is 1. The van der Waals surface area contributed by atoms with Crippen LogP contribution in [0.5, 0.6) is 0 Å². The number of fused-ring (bicyclic) bond motifs is 1. The summed E-state index contributed by atoms with van der Waals surface area (Å²) in [5.74, 6) is -0.0407. The Hall–Kier alpha value is -2.37. The van der Waals surface area contributed by atoms with Gasteiger partial charge in [-0.3, -0.25) is 10.2 Å². The molecular weight excluding hydrogens is 266 g/mol. The first-order chi connectivity index (χ1) is 10.3. The molecule has 0 spiro atoms. The highest BCUT2D eigenvalue weighted by atomic mass is 16.2. The van der Waals surface area contributed by atoms with Crippen molar-refractivity contribution in [2.24, 2.45) is 0 Å². The highest BCUT2D eigenvalue weighted by molar-refractivity contribution is 5.76. The maximum Gasteiger partial charge on any atom is 0.240 e. The summed E-state index contributed by atoms with van der Waals surface area (Å²) in [6.45, 7) is 0.521. The molecule has 21 heavy (non-hydrogen) atoms. The maximum absolute atomic E-state index is 11.9. The monoisotopic (exact) mass is 285 g/mol. The van der Waals surface area contributed by atoms with Gasteiger partial charge in [-0.2, -0.15) is 0 Å². The van der Waals surface area contributed by atoms with E-state index in [0.29, 0.717) is 13.0 Å². The van der Waals surface area contributed by atoms with Crippen molar-refractivity contribution < 1.29 is 4.79 Å². The topological polar surface area (TPSA) is 71.8 Å². The lowest BCUT2D eigenvalue weighted by molar-refractivity contribution is -0.122. The van der Waals surface area contributed by atoms with Gasteiger partial charge >= 0.3 is 0 Å². The molecular formula is C15H19N5O. The van der Waals surface area contributed by atoms with Crippen LogP contribution >= 0.6 is 0 Å². The number of carbonyl (C=O) groups excluding carboxylic acids is 1. The van der Waals surface area contributed by atoms with Crippen molar-refractivity contribution in [3.63, 3.8) is 0 Å². The predicted molar refractivity (Wildman–Crippen MR) is 80.0 cm³/mol. The molecule has 1 aliphatic rings. The molecule has 110 valence electrons. The summed E-state index contributed by atoms with van der Waals surface area (Å²) >= 11 is 0. The molecule has 0 radical (unpaired) electrons. The molecule has 0 bridgehead atoms. The van der Waals surface area contributed by atoms with Gasteiger partial charge in [-0.05, 0) is 37.8 Å². The van der Waals surface area contributed by atoms with E-state index in [1.54, 1.807) is 4.68 Å². The first kappa shape index (κ1) is 13.6. The van der Waals surface area contributed by atoms with Crippen molar-refractivity contribution in [2.45, 2.75) is 38.6 Å². The van der Waals surface area contributed by atoms with Gasteiger partial charge in [-0.15, -0.1) is 5.10 Å². The van der Waals surface area contributed by atoms with Crippen LogP contribution in [0.1, 0.15) is 32.1 Å². The van der Waals surface area contributed by atoms with E-state index in [2.05, 4.69) is 27.2 Å². The number of carbonyl (C=O) groups is 1. The molecule has 0 fully saturated rings. The van der Waals surface area contributed by atoms with Crippen LogP contribution in [0.2, 0.25) is 0 Å². The fourth-order valence-corrected chi connectivity index (χ4v) is 2.45. The van der Waals surface area contributed by atoms with Crippen molar-refractivity contribution in [3.8, 4) is 0 Å². The molecule has 3 rings (SSSR count). The van der Waals surface area contributed by atoms with Gasteiger partial charge in [0.25, 0.3) is 0 Å². The first-order valence-corrected chi connectivity index (χ1v) is 7.35. The lowest BCUT2D eigenvalue weighted by Gasteiger charge is -2.15. The van der Waals surface area contributed by atoms with Gasteiger partial charge < -0.3 is 5.43 Å². The molecule has 6 heteroatoms. The summed E-state index contributed by atoms with van der Waals surface area (Å²) in [6, 6.07) is 7.74. The quantitative estimate of drug-likeness (QED) is 0.823. The zero-order valence-electron chi connectivity index (χ0n) is 11.9. The summed E-state index contributed by atoms with van der Waals surface area (Å²) in [5.41, 5.74) is 8.66. The van der Waals surface area contributed by atoms with Crippen LogP contribution in [0.4, 0.5) is 0 Å². The van der Waals surface area contributed by atoms with Crippen LogP contribution in [0, 0.1) is 0 Å². The van der Waals surface area contributed by atoms with Gasteiger partial charge in [0.15, 0.2) is 0 Å². The average Bonchev–Trinajstić information content (AvgIpc) is 2.95. The summed E-state index contributed by atoms with van der Waals surface area (Å²) < 4.78 is 1.76. The Kier molecular flexibility index (Phi) is 4.14. The van der Waals surface area contributed by atoms with E-state index in [0.717, 1.165) is 29.6 Å².